The molecule has 0 bridgehead atoms. The molecule has 3 aliphatic heterocycles. The summed E-state index contributed by atoms with van der Waals surface area (Å²) in [7, 11) is 0. The van der Waals surface area contributed by atoms with Gasteiger partial charge in [-0.25, -0.2) is 0 Å². The molecule has 2 unspecified atom stereocenters. The first-order chi connectivity index (χ1) is 18.0. The molecule has 3 aliphatic rings. The molecule has 2 atom stereocenters. The van der Waals surface area contributed by atoms with E-state index in [0.29, 0.717) is 26.2 Å². The minimum absolute atomic E-state index is 0.0433. The van der Waals surface area contributed by atoms with Crippen molar-refractivity contribution < 1.29 is 38.2 Å². The van der Waals surface area contributed by atoms with Crippen LogP contribution in [0.15, 0.2) is 18.2 Å². The highest BCUT2D eigenvalue weighted by molar-refractivity contribution is 6.26. The highest BCUT2D eigenvalue weighted by Crippen LogP contribution is 2.32. The van der Waals surface area contributed by atoms with Crippen LogP contribution in [0.3, 0.4) is 0 Å². The maximum Gasteiger partial charge on any atom is 0.264 e. The zero-order valence-electron chi connectivity index (χ0n) is 20.8. The maximum absolute atomic E-state index is 13.1. The number of carbonyl (C=O) groups is 5. The lowest BCUT2D eigenvalue weighted by molar-refractivity contribution is -0.169. The van der Waals surface area contributed by atoms with E-state index in [2.05, 4.69) is 10.6 Å². The van der Waals surface area contributed by atoms with Crippen LogP contribution in [0, 0.1) is 0 Å². The van der Waals surface area contributed by atoms with Gasteiger partial charge in [-0.1, -0.05) is 12.5 Å². The monoisotopic (exact) mass is 515 g/mol. The topological polar surface area (TPSA) is 140 Å². The van der Waals surface area contributed by atoms with Crippen molar-refractivity contribution in [2.75, 3.05) is 31.7 Å². The summed E-state index contributed by atoms with van der Waals surface area (Å²) >= 11 is 0. The SMILES string of the molecule is O=C1CCC(N2C(=O)c3cccc(NC(=O)CCCCCOCCOC4CCCCO4)c3C2=O)C(=O)N1. The zero-order valence-corrected chi connectivity index (χ0v) is 20.8. The van der Waals surface area contributed by atoms with E-state index >= 15 is 0 Å². The van der Waals surface area contributed by atoms with Gasteiger partial charge in [0.05, 0.1) is 30.0 Å². The largest absolute Gasteiger partial charge is 0.379 e. The molecule has 3 heterocycles. The highest BCUT2D eigenvalue weighted by Gasteiger charge is 2.45. The standard InChI is InChI=1S/C26H33N3O8/c30-20(9-2-1-4-13-35-15-16-37-22-10-3-5-14-36-22)27-18-8-6-7-17-23(18)26(34)29(25(17)33)19-11-12-21(31)28-24(19)32/h6-8,19,22H,1-5,9-16H2,(H,27,30)(H,28,31,32). The highest BCUT2D eigenvalue weighted by atomic mass is 16.7. The molecule has 0 aliphatic carbocycles. The van der Waals surface area contributed by atoms with Crippen molar-refractivity contribution in [3.05, 3.63) is 29.3 Å². The molecule has 0 aromatic heterocycles. The predicted octanol–water partition coefficient (Wildman–Crippen LogP) is 2.15. The van der Waals surface area contributed by atoms with Crippen molar-refractivity contribution >= 4 is 35.2 Å². The number of benzene rings is 1. The predicted molar refractivity (Wildman–Crippen MR) is 131 cm³/mol. The molecule has 11 heteroatoms. The van der Waals surface area contributed by atoms with Crippen LogP contribution in [-0.4, -0.2) is 73.2 Å². The van der Waals surface area contributed by atoms with E-state index in [0.717, 1.165) is 43.6 Å². The Balaban J connectivity index is 1.18. The van der Waals surface area contributed by atoms with Gasteiger partial charge in [-0.15, -0.1) is 0 Å². The van der Waals surface area contributed by atoms with Crippen molar-refractivity contribution in [2.24, 2.45) is 0 Å². The number of hydrogen-bond donors (Lipinski definition) is 2. The summed E-state index contributed by atoms with van der Waals surface area (Å²) < 4.78 is 16.7. The second-order valence-electron chi connectivity index (χ2n) is 9.31. The fraction of sp³-hybridized carbons (Fsp3) is 0.577. The second-order valence-corrected chi connectivity index (χ2v) is 9.31. The van der Waals surface area contributed by atoms with Crippen LogP contribution in [0.4, 0.5) is 5.69 Å². The Morgan fingerprint density at radius 2 is 1.89 bits per heavy atom. The number of rotatable bonds is 12. The van der Waals surface area contributed by atoms with Gasteiger partial charge in [0.15, 0.2) is 6.29 Å². The van der Waals surface area contributed by atoms with E-state index < -0.39 is 29.7 Å². The Bertz CT molecular complexity index is 1040. The number of nitrogens with one attached hydrogen (secondary N) is 2. The summed E-state index contributed by atoms with van der Waals surface area (Å²) in [6.07, 6.45) is 5.65. The summed E-state index contributed by atoms with van der Waals surface area (Å²) in [5.41, 5.74) is 0.435. The van der Waals surface area contributed by atoms with Gasteiger partial charge in [-0.3, -0.25) is 34.2 Å². The van der Waals surface area contributed by atoms with Gasteiger partial charge in [-0.2, -0.15) is 0 Å². The number of hydrogen-bond acceptors (Lipinski definition) is 8. The normalized spacial score (nSPS) is 21.7. The molecule has 2 N–H and O–H groups in total. The molecule has 0 spiro atoms. The number of imide groups is 2. The van der Waals surface area contributed by atoms with Crippen molar-refractivity contribution in [3.8, 4) is 0 Å². The third kappa shape index (κ3) is 6.79. The molecule has 200 valence electrons. The smallest absolute Gasteiger partial charge is 0.264 e. The molecule has 0 radical (unpaired) electrons. The van der Waals surface area contributed by atoms with E-state index in [4.69, 9.17) is 14.2 Å². The number of ether oxygens (including phenoxy) is 3. The average molecular weight is 516 g/mol. The number of carbonyl (C=O) groups excluding carboxylic acids is 5. The molecular formula is C26H33N3O8. The average Bonchev–Trinajstić information content (AvgIpc) is 3.14. The molecule has 5 amide bonds. The van der Waals surface area contributed by atoms with Gasteiger partial charge in [0, 0.05) is 26.1 Å². The van der Waals surface area contributed by atoms with Crippen LogP contribution >= 0.6 is 0 Å². The summed E-state index contributed by atoms with van der Waals surface area (Å²) in [6.45, 7) is 2.33. The number of amides is 5. The van der Waals surface area contributed by atoms with E-state index in [1.54, 1.807) is 12.1 Å². The van der Waals surface area contributed by atoms with E-state index in [-0.39, 0.29) is 48.3 Å². The minimum atomic E-state index is -1.05. The van der Waals surface area contributed by atoms with Gasteiger partial charge in [0.25, 0.3) is 11.8 Å². The Kier molecular flexibility index (Phi) is 9.37. The number of fused-ring (bicyclic) bond motifs is 1. The van der Waals surface area contributed by atoms with Gasteiger partial charge < -0.3 is 19.5 Å². The maximum atomic E-state index is 13.1. The summed E-state index contributed by atoms with van der Waals surface area (Å²) in [5.74, 6) is -2.64. The van der Waals surface area contributed by atoms with Crippen LogP contribution in [-0.2, 0) is 28.6 Å². The van der Waals surface area contributed by atoms with E-state index in [1.807, 2.05) is 0 Å². The third-order valence-corrected chi connectivity index (χ3v) is 6.60. The second kappa shape index (κ2) is 12.9. The molecule has 2 fully saturated rings. The van der Waals surface area contributed by atoms with Crippen LogP contribution in [0.1, 0.15) is 78.5 Å². The molecule has 1 aromatic rings. The number of anilines is 1. The number of nitrogens with zero attached hydrogens (tertiary/aromatic N) is 1. The lowest BCUT2D eigenvalue weighted by atomic mass is 10.0. The third-order valence-electron chi connectivity index (χ3n) is 6.60. The fourth-order valence-electron chi connectivity index (χ4n) is 4.68. The van der Waals surface area contributed by atoms with Crippen LogP contribution in [0.5, 0.6) is 0 Å². The number of unbranched alkanes of at least 4 members (excludes halogenated alkanes) is 2. The molecule has 0 saturated carbocycles. The molecule has 11 nitrogen and oxygen atoms in total. The lowest BCUT2D eigenvalue weighted by Crippen LogP contribution is -2.54. The Morgan fingerprint density at radius 1 is 1.03 bits per heavy atom. The first kappa shape index (κ1) is 26.9. The van der Waals surface area contributed by atoms with Crippen molar-refractivity contribution in [1.29, 1.82) is 0 Å². The van der Waals surface area contributed by atoms with Gasteiger partial charge >= 0.3 is 0 Å². The zero-order chi connectivity index (χ0) is 26.2. The first-order valence-electron chi connectivity index (χ1n) is 12.9. The van der Waals surface area contributed by atoms with Gasteiger partial charge in [0.1, 0.15) is 6.04 Å². The molecular weight excluding hydrogens is 482 g/mol. The fourth-order valence-corrected chi connectivity index (χ4v) is 4.68. The van der Waals surface area contributed by atoms with Crippen LogP contribution < -0.4 is 10.6 Å². The molecule has 4 rings (SSSR count). The van der Waals surface area contributed by atoms with Crippen LogP contribution in [0.25, 0.3) is 0 Å². The lowest BCUT2D eigenvalue weighted by Gasteiger charge is -2.27. The molecule has 2 saturated heterocycles. The Morgan fingerprint density at radius 3 is 2.68 bits per heavy atom. The number of piperidine rings is 1. The quantitative estimate of drug-likeness (QED) is 0.319. The molecule has 1 aromatic carbocycles. The van der Waals surface area contributed by atoms with Gasteiger partial charge in [-0.05, 0) is 50.7 Å². The van der Waals surface area contributed by atoms with Crippen molar-refractivity contribution in [2.45, 2.75) is 70.1 Å². The van der Waals surface area contributed by atoms with E-state index in [9.17, 15) is 24.0 Å². The van der Waals surface area contributed by atoms with E-state index in [1.165, 1.54) is 6.07 Å². The Hall–Kier alpha value is -3.15. The van der Waals surface area contributed by atoms with Crippen molar-refractivity contribution in [1.82, 2.24) is 10.2 Å². The van der Waals surface area contributed by atoms with Crippen LogP contribution in [0.2, 0.25) is 0 Å². The summed E-state index contributed by atoms with van der Waals surface area (Å²) in [4.78, 5) is 63.1. The summed E-state index contributed by atoms with van der Waals surface area (Å²) in [5, 5.41) is 4.90. The minimum Gasteiger partial charge on any atom is -0.379 e. The summed E-state index contributed by atoms with van der Waals surface area (Å²) in [6, 6.07) is 3.58. The van der Waals surface area contributed by atoms with Gasteiger partial charge in [0.2, 0.25) is 17.7 Å². The first-order valence-corrected chi connectivity index (χ1v) is 12.9. The Labute approximate surface area is 215 Å². The molecule has 37 heavy (non-hydrogen) atoms. The van der Waals surface area contributed by atoms with Crippen molar-refractivity contribution in [3.63, 3.8) is 0 Å².